The van der Waals surface area contributed by atoms with Gasteiger partial charge in [0.15, 0.2) is 0 Å². The molecule has 1 aromatic carbocycles. The molecule has 3 heterocycles. The van der Waals surface area contributed by atoms with Crippen molar-refractivity contribution in [3.63, 3.8) is 0 Å². The number of nitrogens with zero attached hydrogens (tertiary/aromatic N) is 4. The smallest absolute Gasteiger partial charge is 0.225 e. The zero-order chi connectivity index (χ0) is 20.8. The van der Waals surface area contributed by atoms with Gasteiger partial charge in [0, 0.05) is 38.1 Å². The van der Waals surface area contributed by atoms with Gasteiger partial charge in [-0.2, -0.15) is 5.10 Å². The minimum absolute atomic E-state index is 0.0117. The average Bonchev–Trinajstić information content (AvgIpc) is 3.28. The molecule has 2 aromatic heterocycles. The van der Waals surface area contributed by atoms with Gasteiger partial charge >= 0.3 is 0 Å². The van der Waals surface area contributed by atoms with Gasteiger partial charge in [-0.05, 0) is 35.7 Å². The van der Waals surface area contributed by atoms with Crippen LogP contribution in [0.25, 0.3) is 0 Å². The van der Waals surface area contributed by atoms with Gasteiger partial charge in [-0.15, -0.1) is 0 Å². The fourth-order valence-corrected chi connectivity index (χ4v) is 3.75. The molecule has 0 bridgehead atoms. The Morgan fingerprint density at radius 2 is 1.87 bits per heavy atom. The number of likely N-dealkylation sites (tertiary alicyclic amines) is 1. The number of aromatic nitrogens is 3. The van der Waals surface area contributed by atoms with E-state index < -0.39 is 0 Å². The highest BCUT2D eigenvalue weighted by molar-refractivity contribution is 5.83. The number of piperidine rings is 1. The van der Waals surface area contributed by atoms with E-state index in [9.17, 15) is 9.59 Å². The molecular weight excluding hydrogens is 378 g/mol. The van der Waals surface area contributed by atoms with Crippen molar-refractivity contribution in [2.45, 2.75) is 32.5 Å². The summed E-state index contributed by atoms with van der Waals surface area (Å²) >= 11 is 0. The highest BCUT2D eigenvalue weighted by Gasteiger charge is 2.30. The second-order valence-electron chi connectivity index (χ2n) is 7.52. The maximum absolute atomic E-state index is 12.8. The van der Waals surface area contributed by atoms with Crippen molar-refractivity contribution in [1.29, 1.82) is 0 Å². The molecule has 1 fully saturated rings. The second kappa shape index (κ2) is 9.35. The molecular formula is C23H25N5O2. The van der Waals surface area contributed by atoms with E-state index in [0.717, 1.165) is 16.8 Å². The van der Waals surface area contributed by atoms with E-state index in [2.05, 4.69) is 21.5 Å². The topological polar surface area (TPSA) is 80.1 Å². The van der Waals surface area contributed by atoms with Gasteiger partial charge in [0.05, 0.1) is 24.7 Å². The number of rotatable bonds is 7. The Kier molecular flexibility index (Phi) is 6.17. The first-order valence-electron chi connectivity index (χ1n) is 10.2. The molecule has 1 aliphatic heterocycles. The van der Waals surface area contributed by atoms with Crippen LogP contribution in [-0.4, -0.2) is 38.0 Å². The van der Waals surface area contributed by atoms with Crippen LogP contribution in [0.5, 0.6) is 0 Å². The lowest BCUT2D eigenvalue weighted by molar-refractivity contribution is -0.139. The quantitative estimate of drug-likeness (QED) is 0.657. The highest BCUT2D eigenvalue weighted by atomic mass is 16.2. The van der Waals surface area contributed by atoms with Crippen LogP contribution in [0.2, 0.25) is 0 Å². The molecule has 0 radical (unpaired) electrons. The summed E-state index contributed by atoms with van der Waals surface area (Å²) in [5, 5.41) is 7.32. The van der Waals surface area contributed by atoms with Crippen molar-refractivity contribution in [3.05, 3.63) is 83.9 Å². The van der Waals surface area contributed by atoms with Crippen molar-refractivity contribution < 1.29 is 9.59 Å². The Bertz CT molecular complexity index is 988. The third-order valence-corrected chi connectivity index (χ3v) is 5.41. The molecule has 1 N–H and O–H groups in total. The Morgan fingerprint density at radius 1 is 1.03 bits per heavy atom. The molecule has 0 aliphatic carbocycles. The number of amides is 2. The van der Waals surface area contributed by atoms with Gasteiger partial charge in [-0.25, -0.2) is 0 Å². The molecule has 30 heavy (non-hydrogen) atoms. The number of hydrogen-bond acceptors (Lipinski definition) is 4. The zero-order valence-electron chi connectivity index (χ0n) is 16.8. The minimum Gasteiger partial charge on any atom is -0.352 e. The number of nitrogens with one attached hydrogen (secondary N) is 1. The van der Waals surface area contributed by atoms with Crippen molar-refractivity contribution in [2.75, 3.05) is 6.54 Å². The lowest BCUT2D eigenvalue weighted by Gasteiger charge is -2.31. The number of carbonyl (C=O) groups excluding carboxylic acids is 2. The number of hydrogen-bond donors (Lipinski definition) is 1. The van der Waals surface area contributed by atoms with Crippen molar-refractivity contribution in [1.82, 2.24) is 25.0 Å². The summed E-state index contributed by atoms with van der Waals surface area (Å²) in [6.07, 6.45) is 6.36. The molecule has 0 spiro atoms. The van der Waals surface area contributed by atoms with Crippen molar-refractivity contribution in [3.8, 4) is 0 Å². The molecule has 0 saturated carbocycles. The Labute approximate surface area is 175 Å². The zero-order valence-corrected chi connectivity index (χ0v) is 16.8. The van der Waals surface area contributed by atoms with Gasteiger partial charge < -0.3 is 10.2 Å². The van der Waals surface area contributed by atoms with E-state index in [-0.39, 0.29) is 17.7 Å². The summed E-state index contributed by atoms with van der Waals surface area (Å²) in [5.41, 5.74) is 3.02. The predicted molar refractivity (Wildman–Crippen MR) is 112 cm³/mol. The van der Waals surface area contributed by atoms with E-state index in [1.54, 1.807) is 17.3 Å². The molecule has 154 valence electrons. The summed E-state index contributed by atoms with van der Waals surface area (Å²) in [6.45, 7) is 1.99. The lowest BCUT2D eigenvalue weighted by Crippen LogP contribution is -2.45. The molecule has 7 heteroatoms. The van der Waals surface area contributed by atoms with E-state index in [0.29, 0.717) is 39.0 Å². The van der Waals surface area contributed by atoms with E-state index in [1.165, 1.54) is 0 Å². The first-order chi connectivity index (χ1) is 14.7. The lowest BCUT2D eigenvalue weighted by atomic mass is 9.96. The van der Waals surface area contributed by atoms with E-state index in [1.807, 2.05) is 53.3 Å². The van der Waals surface area contributed by atoms with Gasteiger partial charge in [-0.3, -0.25) is 19.3 Å². The van der Waals surface area contributed by atoms with Gasteiger partial charge in [0.1, 0.15) is 0 Å². The Balaban J connectivity index is 1.35. The number of benzene rings is 1. The van der Waals surface area contributed by atoms with Gasteiger partial charge in [0.25, 0.3) is 0 Å². The Hall–Kier alpha value is -3.48. The highest BCUT2D eigenvalue weighted by Crippen LogP contribution is 2.20. The van der Waals surface area contributed by atoms with E-state index >= 15 is 0 Å². The van der Waals surface area contributed by atoms with Crippen molar-refractivity contribution in [2.24, 2.45) is 5.92 Å². The monoisotopic (exact) mass is 403 g/mol. The Morgan fingerprint density at radius 3 is 2.63 bits per heavy atom. The van der Waals surface area contributed by atoms with Crippen LogP contribution in [0.1, 0.15) is 29.7 Å². The summed E-state index contributed by atoms with van der Waals surface area (Å²) in [5.74, 6) is -0.138. The molecule has 1 atom stereocenters. The van der Waals surface area contributed by atoms with Crippen molar-refractivity contribution >= 4 is 11.8 Å². The van der Waals surface area contributed by atoms with Gasteiger partial charge in [-0.1, -0.05) is 30.3 Å². The molecule has 2 amide bonds. The fourth-order valence-electron chi connectivity index (χ4n) is 3.75. The first kappa shape index (κ1) is 19.8. The molecule has 7 nitrogen and oxygen atoms in total. The average molecular weight is 403 g/mol. The van der Waals surface area contributed by atoms with Crippen LogP contribution in [0.4, 0.5) is 0 Å². The minimum atomic E-state index is -0.204. The summed E-state index contributed by atoms with van der Waals surface area (Å²) in [7, 11) is 0. The summed E-state index contributed by atoms with van der Waals surface area (Å²) in [4.78, 5) is 31.2. The van der Waals surface area contributed by atoms with Crippen LogP contribution >= 0.6 is 0 Å². The van der Waals surface area contributed by atoms with Crippen LogP contribution < -0.4 is 5.32 Å². The van der Waals surface area contributed by atoms with Gasteiger partial charge in [0.2, 0.25) is 11.8 Å². The summed E-state index contributed by atoms with van der Waals surface area (Å²) < 4.78 is 1.86. The summed E-state index contributed by atoms with van der Waals surface area (Å²) in [6, 6.07) is 15.6. The maximum atomic E-state index is 12.8. The maximum Gasteiger partial charge on any atom is 0.225 e. The SMILES string of the molecule is O=C(NCc1ccccc1Cn1cccn1)[C@@H]1CCC(=O)N(Cc2ccccn2)C1. The van der Waals surface area contributed by atoms with Crippen LogP contribution in [0.15, 0.2) is 67.1 Å². The first-order valence-corrected chi connectivity index (χ1v) is 10.2. The standard InChI is InChI=1S/C23H25N5O2/c29-22-10-9-20(15-27(22)17-21-8-3-4-11-24-21)23(30)25-14-18-6-1-2-7-19(18)16-28-13-5-12-26-28/h1-8,11-13,20H,9-10,14-17H2,(H,25,30)/t20-/m1/s1. The third kappa shape index (κ3) is 4.92. The van der Waals surface area contributed by atoms with Crippen LogP contribution in [0.3, 0.4) is 0 Å². The number of pyridine rings is 1. The van der Waals surface area contributed by atoms with Crippen LogP contribution in [-0.2, 0) is 29.2 Å². The normalized spacial score (nSPS) is 16.5. The van der Waals surface area contributed by atoms with E-state index in [4.69, 9.17) is 0 Å². The molecule has 1 saturated heterocycles. The van der Waals surface area contributed by atoms with Crippen LogP contribution in [0, 0.1) is 5.92 Å². The molecule has 0 unspecified atom stereocenters. The number of carbonyl (C=O) groups is 2. The molecule has 4 rings (SSSR count). The largest absolute Gasteiger partial charge is 0.352 e. The predicted octanol–water partition coefficient (Wildman–Crippen LogP) is 2.38. The second-order valence-corrected chi connectivity index (χ2v) is 7.52. The molecule has 3 aromatic rings. The molecule has 1 aliphatic rings. The third-order valence-electron chi connectivity index (χ3n) is 5.41. The fraction of sp³-hybridized carbons (Fsp3) is 0.304.